The second-order valence-electron chi connectivity index (χ2n) is 6.68. The molecule has 0 bridgehead atoms. The first-order valence-electron chi connectivity index (χ1n) is 9.82. The van der Waals surface area contributed by atoms with E-state index in [1.807, 2.05) is 70.6 Å². The molecule has 0 aliphatic heterocycles. The number of nitrogens with zero attached hydrogens (tertiary/aromatic N) is 3. The van der Waals surface area contributed by atoms with E-state index in [1.165, 1.54) is 16.6 Å². The van der Waals surface area contributed by atoms with E-state index < -0.39 is 0 Å². The molecule has 6 nitrogen and oxygen atoms in total. The van der Waals surface area contributed by atoms with Gasteiger partial charge in [0.15, 0.2) is 11.0 Å². The molecular formula is C23H22N4O2S2. The zero-order chi connectivity index (χ0) is 21.5. The summed E-state index contributed by atoms with van der Waals surface area (Å²) < 4.78 is 7.33. The second-order valence-corrected chi connectivity index (χ2v) is 8.65. The Kier molecular flexibility index (Phi) is 7.01. The van der Waals surface area contributed by atoms with Crippen molar-refractivity contribution in [3.05, 3.63) is 77.0 Å². The number of carbonyl (C=O) groups excluding carboxylic acids is 1. The molecule has 0 radical (unpaired) electrons. The summed E-state index contributed by atoms with van der Waals surface area (Å²) in [7, 11) is 1.64. The number of thiophene rings is 1. The molecule has 0 atom stereocenters. The largest absolute Gasteiger partial charge is 0.497 e. The highest BCUT2D eigenvalue weighted by Crippen LogP contribution is 2.29. The van der Waals surface area contributed by atoms with Gasteiger partial charge in [-0.2, -0.15) is 0 Å². The Hall–Kier alpha value is -3.10. The average Bonchev–Trinajstić information content (AvgIpc) is 3.48. The number of amides is 1. The number of carbonyl (C=O) groups is 1. The van der Waals surface area contributed by atoms with Gasteiger partial charge in [-0.15, -0.1) is 21.5 Å². The number of hydrogen-bond acceptors (Lipinski definition) is 6. The maximum absolute atomic E-state index is 12.4. The van der Waals surface area contributed by atoms with E-state index in [0.29, 0.717) is 17.5 Å². The van der Waals surface area contributed by atoms with Crippen LogP contribution in [0.5, 0.6) is 5.75 Å². The fraction of sp³-hybridized carbons (Fsp3) is 0.174. The van der Waals surface area contributed by atoms with Crippen LogP contribution in [0.25, 0.3) is 17.1 Å². The van der Waals surface area contributed by atoms with Gasteiger partial charge in [0.25, 0.3) is 0 Å². The molecule has 4 rings (SSSR count). The van der Waals surface area contributed by atoms with Gasteiger partial charge in [0.1, 0.15) is 5.75 Å². The highest BCUT2D eigenvalue weighted by molar-refractivity contribution is 7.99. The summed E-state index contributed by atoms with van der Waals surface area (Å²) in [4.78, 5) is 13.6. The third kappa shape index (κ3) is 5.34. The van der Waals surface area contributed by atoms with Gasteiger partial charge >= 0.3 is 0 Å². The maximum Gasteiger partial charge on any atom is 0.230 e. The predicted octanol–water partition coefficient (Wildman–Crippen LogP) is 4.46. The molecule has 0 aliphatic carbocycles. The lowest BCUT2D eigenvalue weighted by Crippen LogP contribution is -2.27. The second kappa shape index (κ2) is 10.3. The minimum atomic E-state index is -0.0212. The molecule has 0 unspecified atom stereocenters. The van der Waals surface area contributed by atoms with Crippen LogP contribution >= 0.6 is 23.1 Å². The van der Waals surface area contributed by atoms with E-state index in [1.54, 1.807) is 18.4 Å². The van der Waals surface area contributed by atoms with E-state index in [0.717, 1.165) is 23.4 Å². The predicted molar refractivity (Wildman–Crippen MR) is 125 cm³/mol. The monoisotopic (exact) mass is 450 g/mol. The standard InChI is InChI=1S/C23H22N4O2S2/c1-29-19-10-5-7-17(15-19)22-25-26-23(27(22)18-8-3-2-4-9-18)31-16-21(28)24-13-12-20-11-6-14-30-20/h2-11,14-15H,12-13,16H2,1H3,(H,24,28). The normalized spacial score (nSPS) is 10.7. The van der Waals surface area contributed by atoms with Gasteiger partial charge in [-0.1, -0.05) is 48.2 Å². The molecule has 1 amide bonds. The molecule has 8 heteroatoms. The summed E-state index contributed by atoms with van der Waals surface area (Å²) >= 11 is 3.07. The van der Waals surface area contributed by atoms with Gasteiger partial charge in [0.2, 0.25) is 5.91 Å². The van der Waals surface area contributed by atoms with Gasteiger partial charge in [-0.25, -0.2) is 0 Å². The summed E-state index contributed by atoms with van der Waals surface area (Å²) in [5.74, 6) is 1.70. The minimum absolute atomic E-state index is 0.0212. The Bertz CT molecular complexity index is 1130. The lowest BCUT2D eigenvalue weighted by Gasteiger charge is -2.11. The molecule has 1 N–H and O–H groups in total. The highest BCUT2D eigenvalue weighted by Gasteiger charge is 2.17. The maximum atomic E-state index is 12.4. The molecule has 0 saturated heterocycles. The summed E-state index contributed by atoms with van der Waals surface area (Å²) in [6, 6.07) is 21.7. The van der Waals surface area contributed by atoms with Crippen LogP contribution in [0, 0.1) is 0 Å². The van der Waals surface area contributed by atoms with Crippen LogP contribution in [0.3, 0.4) is 0 Å². The van der Waals surface area contributed by atoms with Crippen molar-refractivity contribution in [2.45, 2.75) is 11.6 Å². The van der Waals surface area contributed by atoms with Crippen molar-refractivity contribution in [3.63, 3.8) is 0 Å². The first-order chi connectivity index (χ1) is 15.2. The number of methoxy groups -OCH3 is 1. The lowest BCUT2D eigenvalue weighted by molar-refractivity contribution is -0.118. The van der Waals surface area contributed by atoms with Gasteiger partial charge in [0, 0.05) is 22.7 Å². The van der Waals surface area contributed by atoms with Gasteiger partial charge in [-0.3, -0.25) is 9.36 Å². The molecule has 2 aromatic carbocycles. The smallest absolute Gasteiger partial charge is 0.230 e. The van der Waals surface area contributed by atoms with Crippen molar-refractivity contribution >= 4 is 29.0 Å². The molecular weight excluding hydrogens is 428 g/mol. The highest BCUT2D eigenvalue weighted by atomic mass is 32.2. The third-order valence-corrected chi connectivity index (χ3v) is 6.45. The van der Waals surface area contributed by atoms with Crippen molar-refractivity contribution in [1.82, 2.24) is 20.1 Å². The van der Waals surface area contributed by atoms with Crippen LogP contribution in [0.4, 0.5) is 0 Å². The number of hydrogen-bond donors (Lipinski definition) is 1. The topological polar surface area (TPSA) is 69.0 Å². The van der Waals surface area contributed by atoms with Crippen LogP contribution in [-0.4, -0.2) is 40.1 Å². The summed E-state index contributed by atoms with van der Waals surface area (Å²) in [6.45, 7) is 0.625. The SMILES string of the molecule is COc1cccc(-c2nnc(SCC(=O)NCCc3cccs3)n2-c2ccccc2)c1. The Labute approximate surface area is 189 Å². The van der Waals surface area contributed by atoms with Gasteiger partial charge in [-0.05, 0) is 42.1 Å². The zero-order valence-corrected chi connectivity index (χ0v) is 18.7. The number of para-hydroxylation sites is 1. The Balaban J connectivity index is 1.50. The average molecular weight is 451 g/mol. The fourth-order valence-electron chi connectivity index (χ4n) is 3.08. The lowest BCUT2D eigenvalue weighted by atomic mass is 10.2. The van der Waals surface area contributed by atoms with E-state index in [2.05, 4.69) is 21.6 Å². The summed E-state index contributed by atoms with van der Waals surface area (Å²) in [6.07, 6.45) is 0.842. The van der Waals surface area contributed by atoms with Crippen molar-refractivity contribution in [3.8, 4) is 22.8 Å². The van der Waals surface area contributed by atoms with Crippen LogP contribution in [0.15, 0.2) is 77.3 Å². The van der Waals surface area contributed by atoms with Crippen molar-refractivity contribution in [2.24, 2.45) is 0 Å². The third-order valence-electron chi connectivity index (χ3n) is 4.58. The number of thioether (sulfide) groups is 1. The number of aromatic nitrogens is 3. The van der Waals surface area contributed by atoms with E-state index in [9.17, 15) is 4.79 Å². The van der Waals surface area contributed by atoms with Gasteiger partial charge in [0.05, 0.1) is 12.9 Å². The van der Waals surface area contributed by atoms with Crippen LogP contribution in [0.2, 0.25) is 0 Å². The van der Waals surface area contributed by atoms with Crippen LogP contribution in [-0.2, 0) is 11.2 Å². The molecule has 2 aromatic heterocycles. The Morgan fingerprint density at radius 1 is 1.10 bits per heavy atom. The molecule has 31 heavy (non-hydrogen) atoms. The minimum Gasteiger partial charge on any atom is -0.497 e. The van der Waals surface area contributed by atoms with Crippen molar-refractivity contribution < 1.29 is 9.53 Å². The molecule has 4 aromatic rings. The quantitative estimate of drug-likeness (QED) is 0.382. The van der Waals surface area contributed by atoms with Crippen molar-refractivity contribution in [1.29, 1.82) is 0 Å². The summed E-state index contributed by atoms with van der Waals surface area (Å²) in [5.41, 5.74) is 1.83. The fourth-order valence-corrected chi connectivity index (χ4v) is 4.57. The van der Waals surface area contributed by atoms with E-state index in [-0.39, 0.29) is 11.7 Å². The number of ether oxygens (including phenoxy) is 1. The van der Waals surface area contributed by atoms with E-state index >= 15 is 0 Å². The van der Waals surface area contributed by atoms with Gasteiger partial charge < -0.3 is 10.1 Å². The number of benzene rings is 2. The number of nitrogens with one attached hydrogen (secondary N) is 1. The Morgan fingerprint density at radius 2 is 1.97 bits per heavy atom. The molecule has 2 heterocycles. The van der Waals surface area contributed by atoms with Crippen LogP contribution < -0.4 is 10.1 Å². The Morgan fingerprint density at radius 3 is 2.74 bits per heavy atom. The molecule has 0 saturated carbocycles. The first-order valence-corrected chi connectivity index (χ1v) is 11.7. The van der Waals surface area contributed by atoms with Crippen LogP contribution in [0.1, 0.15) is 4.88 Å². The number of rotatable bonds is 9. The molecule has 0 spiro atoms. The molecule has 158 valence electrons. The first kappa shape index (κ1) is 21.1. The molecule has 0 aliphatic rings. The zero-order valence-electron chi connectivity index (χ0n) is 17.0. The summed E-state index contributed by atoms with van der Waals surface area (Å²) in [5, 5.41) is 14.5. The molecule has 0 fully saturated rings. The van der Waals surface area contributed by atoms with E-state index in [4.69, 9.17) is 4.74 Å². The van der Waals surface area contributed by atoms with Crippen molar-refractivity contribution in [2.75, 3.05) is 19.4 Å².